The summed E-state index contributed by atoms with van der Waals surface area (Å²) in [5.74, 6) is -1.04. The Bertz CT molecular complexity index is 1350. The van der Waals surface area contributed by atoms with Gasteiger partial charge in [0.1, 0.15) is 0 Å². The number of nitrogens with zero attached hydrogens (tertiary/aromatic N) is 1. The van der Waals surface area contributed by atoms with E-state index in [1.54, 1.807) is 19.2 Å². The quantitative estimate of drug-likeness (QED) is 0.364. The number of aromatic nitrogens is 1. The van der Waals surface area contributed by atoms with Crippen molar-refractivity contribution in [1.29, 1.82) is 0 Å². The molecule has 0 saturated heterocycles. The van der Waals surface area contributed by atoms with Gasteiger partial charge in [0.2, 0.25) is 0 Å². The number of carbonyl (C=O) groups is 2. The number of carboxylic acid groups (broad SMARTS) is 1. The standard InChI is InChI=1S/C28H28N2O4/c1-18-19(2)30(26-13-12-22(16-25(18)26)27(31)29-14-15-34-3)17-20-8-10-21(11-9-20)23-6-4-5-7-24(23)28(32)33/h4-13,16H,14-15,17H2,1-3H3,(H,29,31)(H,32,33). The molecule has 0 saturated carbocycles. The number of ether oxygens (including phenoxy) is 1. The molecule has 34 heavy (non-hydrogen) atoms. The van der Waals surface area contributed by atoms with Gasteiger partial charge >= 0.3 is 5.97 Å². The van der Waals surface area contributed by atoms with Crippen LogP contribution >= 0.6 is 0 Å². The number of nitrogens with one attached hydrogen (secondary N) is 1. The number of aryl methyl sites for hydroxylation is 1. The summed E-state index contributed by atoms with van der Waals surface area (Å²) in [6.07, 6.45) is 0. The van der Waals surface area contributed by atoms with E-state index in [1.807, 2.05) is 54.6 Å². The summed E-state index contributed by atoms with van der Waals surface area (Å²) in [7, 11) is 1.61. The molecule has 1 heterocycles. The zero-order valence-electron chi connectivity index (χ0n) is 19.6. The van der Waals surface area contributed by atoms with Crippen LogP contribution in [0, 0.1) is 13.8 Å². The lowest BCUT2D eigenvalue weighted by Crippen LogP contribution is -2.26. The molecule has 0 radical (unpaired) electrons. The Morgan fingerprint density at radius 3 is 2.44 bits per heavy atom. The highest BCUT2D eigenvalue weighted by atomic mass is 16.5. The van der Waals surface area contributed by atoms with Gasteiger partial charge in [-0.05, 0) is 60.4 Å². The first-order chi connectivity index (χ1) is 16.4. The predicted octanol–water partition coefficient (Wildman–Crippen LogP) is 5.05. The monoisotopic (exact) mass is 456 g/mol. The number of benzene rings is 3. The van der Waals surface area contributed by atoms with E-state index in [4.69, 9.17) is 4.74 Å². The summed E-state index contributed by atoms with van der Waals surface area (Å²) < 4.78 is 7.25. The second-order valence-corrected chi connectivity index (χ2v) is 8.32. The molecular formula is C28H28N2O4. The maximum Gasteiger partial charge on any atom is 0.336 e. The smallest absolute Gasteiger partial charge is 0.336 e. The van der Waals surface area contributed by atoms with Crippen molar-refractivity contribution in [2.24, 2.45) is 0 Å². The molecule has 4 rings (SSSR count). The first kappa shape index (κ1) is 23.3. The maximum atomic E-state index is 12.5. The van der Waals surface area contributed by atoms with E-state index in [0.29, 0.717) is 36.4 Å². The van der Waals surface area contributed by atoms with Crippen LogP contribution in [0.5, 0.6) is 0 Å². The third kappa shape index (κ3) is 4.58. The summed E-state index contributed by atoms with van der Waals surface area (Å²) in [4.78, 5) is 24.0. The number of hydrogen-bond donors (Lipinski definition) is 2. The van der Waals surface area contributed by atoms with Gasteiger partial charge in [-0.15, -0.1) is 0 Å². The van der Waals surface area contributed by atoms with E-state index >= 15 is 0 Å². The van der Waals surface area contributed by atoms with Gasteiger partial charge in [0, 0.05) is 42.4 Å². The van der Waals surface area contributed by atoms with Crippen molar-refractivity contribution in [2.75, 3.05) is 20.3 Å². The minimum Gasteiger partial charge on any atom is -0.478 e. The Morgan fingerprint density at radius 1 is 1.00 bits per heavy atom. The molecule has 0 unspecified atom stereocenters. The van der Waals surface area contributed by atoms with Crippen LogP contribution in [-0.2, 0) is 11.3 Å². The minimum absolute atomic E-state index is 0.110. The Kier molecular flexibility index (Phi) is 6.80. The molecule has 1 aromatic heterocycles. The second-order valence-electron chi connectivity index (χ2n) is 8.32. The van der Waals surface area contributed by atoms with Crippen LogP contribution in [-0.4, -0.2) is 41.8 Å². The largest absolute Gasteiger partial charge is 0.478 e. The van der Waals surface area contributed by atoms with Crippen LogP contribution in [0.1, 0.15) is 37.5 Å². The van der Waals surface area contributed by atoms with Gasteiger partial charge in [-0.1, -0.05) is 42.5 Å². The fraction of sp³-hybridized carbons (Fsp3) is 0.214. The SMILES string of the molecule is COCCNC(=O)c1ccc2c(c1)c(C)c(C)n2Cc1ccc(-c2ccccc2C(=O)O)cc1. The molecule has 0 aliphatic rings. The number of methoxy groups -OCH3 is 1. The van der Waals surface area contributed by atoms with E-state index in [-0.39, 0.29) is 5.91 Å². The molecule has 0 atom stereocenters. The highest BCUT2D eigenvalue weighted by molar-refractivity contribution is 5.99. The number of aromatic carboxylic acids is 1. The Labute approximate surface area is 198 Å². The van der Waals surface area contributed by atoms with Crippen LogP contribution < -0.4 is 5.32 Å². The van der Waals surface area contributed by atoms with Gasteiger partial charge in [0.25, 0.3) is 5.91 Å². The number of rotatable bonds is 8. The zero-order chi connectivity index (χ0) is 24.2. The first-order valence-electron chi connectivity index (χ1n) is 11.2. The average molecular weight is 457 g/mol. The van der Waals surface area contributed by atoms with Crippen LogP contribution in [0.25, 0.3) is 22.0 Å². The molecular weight excluding hydrogens is 428 g/mol. The number of hydrogen-bond acceptors (Lipinski definition) is 3. The lowest BCUT2D eigenvalue weighted by atomic mass is 9.99. The predicted molar refractivity (Wildman–Crippen MR) is 134 cm³/mol. The number of carbonyl (C=O) groups excluding carboxylic acids is 1. The van der Waals surface area contributed by atoms with Crippen molar-refractivity contribution >= 4 is 22.8 Å². The number of fused-ring (bicyclic) bond motifs is 1. The molecule has 0 aliphatic carbocycles. The first-order valence-corrected chi connectivity index (χ1v) is 11.2. The van der Waals surface area contributed by atoms with E-state index in [9.17, 15) is 14.7 Å². The van der Waals surface area contributed by atoms with E-state index < -0.39 is 5.97 Å². The third-order valence-corrected chi connectivity index (χ3v) is 6.26. The molecule has 0 aliphatic heterocycles. The van der Waals surface area contributed by atoms with Crippen LogP contribution in [0.3, 0.4) is 0 Å². The third-order valence-electron chi connectivity index (χ3n) is 6.26. The van der Waals surface area contributed by atoms with Gasteiger partial charge in [-0.2, -0.15) is 0 Å². The number of amides is 1. The van der Waals surface area contributed by atoms with Gasteiger partial charge in [0.05, 0.1) is 12.2 Å². The minimum atomic E-state index is -0.934. The Morgan fingerprint density at radius 2 is 1.74 bits per heavy atom. The molecule has 0 bridgehead atoms. The molecule has 2 N–H and O–H groups in total. The molecule has 3 aromatic carbocycles. The highest BCUT2D eigenvalue weighted by Crippen LogP contribution is 2.28. The maximum absolute atomic E-state index is 12.5. The van der Waals surface area contributed by atoms with Crippen molar-refractivity contribution in [3.8, 4) is 11.1 Å². The topological polar surface area (TPSA) is 80.6 Å². The van der Waals surface area contributed by atoms with Crippen LogP contribution in [0.4, 0.5) is 0 Å². The Balaban J connectivity index is 1.61. The molecule has 1 amide bonds. The normalized spacial score (nSPS) is 11.0. The highest BCUT2D eigenvalue weighted by Gasteiger charge is 2.15. The average Bonchev–Trinajstić information content (AvgIpc) is 3.09. The zero-order valence-corrected chi connectivity index (χ0v) is 19.6. The van der Waals surface area contributed by atoms with Crippen LogP contribution in [0.2, 0.25) is 0 Å². The summed E-state index contributed by atoms with van der Waals surface area (Å²) >= 11 is 0. The molecule has 0 spiro atoms. The van der Waals surface area contributed by atoms with Gasteiger partial charge in [-0.25, -0.2) is 4.79 Å². The van der Waals surface area contributed by atoms with Crippen LogP contribution in [0.15, 0.2) is 66.7 Å². The van der Waals surface area contributed by atoms with Crippen molar-refractivity contribution in [3.05, 3.63) is 94.7 Å². The Hall–Kier alpha value is -3.90. The molecule has 174 valence electrons. The van der Waals surface area contributed by atoms with Gasteiger partial charge in [0.15, 0.2) is 0 Å². The fourth-order valence-electron chi connectivity index (χ4n) is 4.26. The van der Waals surface area contributed by atoms with Crippen molar-refractivity contribution < 1.29 is 19.4 Å². The van der Waals surface area contributed by atoms with E-state index in [1.165, 1.54) is 0 Å². The van der Waals surface area contributed by atoms with Crippen molar-refractivity contribution in [2.45, 2.75) is 20.4 Å². The van der Waals surface area contributed by atoms with Gasteiger partial charge in [-0.3, -0.25) is 4.79 Å². The number of carboxylic acids is 1. The van der Waals surface area contributed by atoms with E-state index in [0.717, 1.165) is 33.3 Å². The lowest BCUT2D eigenvalue weighted by Gasteiger charge is -2.11. The van der Waals surface area contributed by atoms with E-state index in [2.05, 4.69) is 23.7 Å². The van der Waals surface area contributed by atoms with Gasteiger partial charge < -0.3 is 19.7 Å². The second kappa shape index (κ2) is 9.93. The lowest BCUT2D eigenvalue weighted by molar-refractivity contribution is 0.0697. The fourth-order valence-corrected chi connectivity index (χ4v) is 4.26. The summed E-state index contributed by atoms with van der Waals surface area (Å²) in [5.41, 5.74) is 6.97. The van der Waals surface area contributed by atoms with Crippen molar-refractivity contribution in [3.63, 3.8) is 0 Å². The molecule has 4 aromatic rings. The van der Waals surface area contributed by atoms with Crippen molar-refractivity contribution in [1.82, 2.24) is 9.88 Å². The summed E-state index contributed by atoms with van der Waals surface area (Å²) in [6.45, 7) is 5.79. The molecule has 6 heteroatoms. The molecule has 6 nitrogen and oxygen atoms in total. The summed E-state index contributed by atoms with van der Waals surface area (Å²) in [6, 6.07) is 20.8. The molecule has 0 fully saturated rings. The summed E-state index contributed by atoms with van der Waals surface area (Å²) in [5, 5.41) is 13.4.